The monoisotopic (exact) mass is 436 g/mol. The van der Waals surface area contributed by atoms with Gasteiger partial charge in [0, 0.05) is 6.20 Å². The molecule has 1 saturated heterocycles. The van der Waals surface area contributed by atoms with Crippen molar-refractivity contribution in [3.8, 4) is 11.1 Å². The minimum atomic E-state index is -0.651. The second-order valence-electron chi connectivity index (χ2n) is 8.32. The number of aromatic nitrogens is 3. The standard InChI is InChI=1S/C22H23FN7O2/c1-13-18(10-15(11-19(13)23)21(31)26-28-25-16-2-3-16)14-6-9-29-20(12-14)27-30(22(29)32)17-4-7-24-8-5-17/h6,9-12,16-17,24H,2-5,7-8H2,1H3/q+1. The zero-order valence-corrected chi connectivity index (χ0v) is 17.7. The second-order valence-corrected chi connectivity index (χ2v) is 8.32. The van der Waals surface area contributed by atoms with E-state index in [0.717, 1.165) is 44.8 Å². The lowest BCUT2D eigenvalue weighted by molar-refractivity contribution is 0.0992. The Bertz CT molecular complexity index is 1330. The number of nitrogens with zero attached hydrogens (tertiary/aromatic N) is 6. The van der Waals surface area contributed by atoms with Gasteiger partial charge in [0.25, 0.3) is 0 Å². The lowest BCUT2D eigenvalue weighted by Crippen LogP contribution is -2.34. The first-order chi connectivity index (χ1) is 15.5. The van der Waals surface area contributed by atoms with Gasteiger partial charge in [0.1, 0.15) is 17.0 Å². The topological polar surface area (TPSA) is 107 Å². The summed E-state index contributed by atoms with van der Waals surface area (Å²) in [5.41, 5.74) is 1.97. The highest BCUT2D eigenvalue weighted by atomic mass is 19.1. The maximum absolute atomic E-state index is 14.6. The van der Waals surface area contributed by atoms with Crippen molar-refractivity contribution in [1.29, 1.82) is 0 Å². The Morgan fingerprint density at radius 3 is 2.75 bits per heavy atom. The molecule has 2 fully saturated rings. The first-order valence-electron chi connectivity index (χ1n) is 10.8. The van der Waals surface area contributed by atoms with Crippen LogP contribution in [-0.2, 0) is 0 Å². The van der Waals surface area contributed by atoms with E-state index in [1.807, 2.05) is 0 Å². The highest BCUT2D eigenvalue weighted by Crippen LogP contribution is 2.28. The number of hydrogen-bond acceptors (Lipinski definition) is 5. The first kappa shape index (κ1) is 20.4. The number of carbonyl (C=O) groups is 1. The van der Waals surface area contributed by atoms with Crippen LogP contribution in [0.3, 0.4) is 0 Å². The van der Waals surface area contributed by atoms with E-state index in [0.29, 0.717) is 22.3 Å². The van der Waals surface area contributed by atoms with E-state index >= 15 is 0 Å². The Labute approximate surface area is 182 Å². The third kappa shape index (κ3) is 3.90. The Hall–Kier alpha value is -3.49. The molecule has 1 aliphatic heterocycles. The van der Waals surface area contributed by atoms with Gasteiger partial charge in [-0.1, -0.05) is 0 Å². The SMILES string of the molecule is Cc1c(F)cc(C(=O)N=[N+]=NC2CC2)cc1-c1ccn2c(=O)n(C3CCNCC3)nc2c1. The van der Waals surface area contributed by atoms with Crippen molar-refractivity contribution in [2.45, 2.75) is 44.7 Å². The highest BCUT2D eigenvalue weighted by Gasteiger charge is 2.26. The molecule has 3 aromatic rings. The Kier molecular flexibility index (Phi) is 5.24. The number of nitrogens with one attached hydrogen (secondary N) is 1. The van der Waals surface area contributed by atoms with Gasteiger partial charge in [-0.25, -0.2) is 13.9 Å². The summed E-state index contributed by atoms with van der Waals surface area (Å²) in [6.45, 7) is 3.34. The average Bonchev–Trinajstić information content (AvgIpc) is 3.57. The fourth-order valence-electron chi connectivity index (χ4n) is 3.94. The molecule has 1 saturated carbocycles. The van der Waals surface area contributed by atoms with E-state index in [-0.39, 0.29) is 23.3 Å². The number of piperidine rings is 1. The van der Waals surface area contributed by atoms with E-state index in [9.17, 15) is 14.0 Å². The van der Waals surface area contributed by atoms with E-state index < -0.39 is 11.7 Å². The molecule has 0 unspecified atom stereocenters. The van der Waals surface area contributed by atoms with Crippen LogP contribution < -0.4 is 15.9 Å². The predicted molar refractivity (Wildman–Crippen MR) is 115 cm³/mol. The molecule has 164 valence electrons. The molecule has 10 heteroatoms. The van der Waals surface area contributed by atoms with Crippen LogP contribution in [0, 0.1) is 12.7 Å². The zero-order chi connectivity index (χ0) is 22.2. The molecule has 0 bridgehead atoms. The smallest absolute Gasteiger partial charge is 0.317 e. The predicted octanol–water partition coefficient (Wildman–Crippen LogP) is 2.81. The van der Waals surface area contributed by atoms with Crippen molar-refractivity contribution in [3.63, 3.8) is 0 Å². The van der Waals surface area contributed by atoms with Gasteiger partial charge >= 0.3 is 11.6 Å². The van der Waals surface area contributed by atoms with E-state index in [2.05, 4.69) is 25.6 Å². The molecular weight excluding hydrogens is 413 g/mol. The number of carbonyl (C=O) groups excluding carboxylic acids is 1. The van der Waals surface area contributed by atoms with Gasteiger partial charge in [-0.15, -0.1) is 5.10 Å². The summed E-state index contributed by atoms with van der Waals surface area (Å²) in [6.07, 6.45) is 5.22. The van der Waals surface area contributed by atoms with Crippen LogP contribution in [0.25, 0.3) is 16.8 Å². The number of rotatable bonds is 4. The molecule has 1 aliphatic carbocycles. The molecule has 1 aromatic carbocycles. The minimum absolute atomic E-state index is 0.0543. The van der Waals surface area contributed by atoms with Crippen LogP contribution in [0.2, 0.25) is 0 Å². The molecule has 0 radical (unpaired) electrons. The molecule has 9 nitrogen and oxygen atoms in total. The maximum Gasteiger partial charge on any atom is 0.360 e. The molecule has 1 N–H and O–H groups in total. The summed E-state index contributed by atoms with van der Waals surface area (Å²) in [5, 5.41) is 15.3. The highest BCUT2D eigenvalue weighted by molar-refractivity contribution is 5.96. The third-order valence-corrected chi connectivity index (χ3v) is 6.00. The van der Waals surface area contributed by atoms with E-state index in [1.54, 1.807) is 31.3 Å². The summed E-state index contributed by atoms with van der Waals surface area (Å²) in [7, 11) is 0. The van der Waals surface area contributed by atoms with Crippen molar-refractivity contribution < 1.29 is 9.18 Å². The van der Waals surface area contributed by atoms with Crippen LogP contribution >= 0.6 is 0 Å². The minimum Gasteiger partial charge on any atom is -0.317 e. The largest absolute Gasteiger partial charge is 0.360 e. The number of hydrogen-bond donors (Lipinski definition) is 1. The third-order valence-electron chi connectivity index (χ3n) is 6.00. The summed E-state index contributed by atoms with van der Waals surface area (Å²) in [5.74, 6) is -1.17. The van der Waals surface area contributed by atoms with Crippen molar-refractivity contribution >= 4 is 11.6 Å². The average molecular weight is 436 g/mol. The number of amides is 1. The van der Waals surface area contributed by atoms with Crippen LogP contribution in [0.15, 0.2) is 45.5 Å². The maximum atomic E-state index is 14.6. The molecule has 3 heterocycles. The number of benzene rings is 1. The van der Waals surface area contributed by atoms with Gasteiger partial charge in [0.15, 0.2) is 5.65 Å². The molecular formula is C22H23FN7O2+. The van der Waals surface area contributed by atoms with E-state index in [1.165, 1.54) is 9.08 Å². The van der Waals surface area contributed by atoms with E-state index in [4.69, 9.17) is 0 Å². The first-order valence-corrected chi connectivity index (χ1v) is 10.8. The molecule has 5 rings (SSSR count). The van der Waals surface area contributed by atoms with Crippen LogP contribution in [-0.4, -0.2) is 39.2 Å². The van der Waals surface area contributed by atoms with Crippen LogP contribution in [0.4, 0.5) is 4.39 Å². The molecule has 32 heavy (non-hydrogen) atoms. The van der Waals surface area contributed by atoms with Crippen LogP contribution in [0.5, 0.6) is 0 Å². The van der Waals surface area contributed by atoms with Gasteiger partial charge in [0.05, 0.1) is 11.6 Å². The van der Waals surface area contributed by atoms with Gasteiger partial charge in [-0.05, 0) is 86.7 Å². The molecule has 0 atom stereocenters. The summed E-state index contributed by atoms with van der Waals surface area (Å²) >= 11 is 0. The Balaban J connectivity index is 1.52. The molecule has 2 aromatic heterocycles. The molecule has 0 spiro atoms. The zero-order valence-electron chi connectivity index (χ0n) is 17.7. The van der Waals surface area contributed by atoms with Gasteiger partial charge < -0.3 is 5.32 Å². The van der Waals surface area contributed by atoms with Gasteiger partial charge in [0.2, 0.25) is 10.0 Å². The molecule has 2 aliphatic rings. The Morgan fingerprint density at radius 2 is 2.00 bits per heavy atom. The summed E-state index contributed by atoms with van der Waals surface area (Å²) in [6, 6.07) is 6.41. The normalized spacial score (nSPS) is 16.7. The quantitative estimate of drug-likeness (QED) is 0.501. The van der Waals surface area contributed by atoms with Crippen molar-refractivity contribution in [1.82, 2.24) is 24.4 Å². The fourth-order valence-corrected chi connectivity index (χ4v) is 3.94. The van der Waals surface area contributed by atoms with Crippen LogP contribution in [0.1, 0.15) is 47.6 Å². The number of pyridine rings is 1. The van der Waals surface area contributed by atoms with Crippen molar-refractivity contribution in [2.24, 2.45) is 10.2 Å². The lowest BCUT2D eigenvalue weighted by Gasteiger charge is -2.21. The number of halogens is 1. The van der Waals surface area contributed by atoms with Crippen molar-refractivity contribution in [3.05, 3.63) is 57.9 Å². The summed E-state index contributed by atoms with van der Waals surface area (Å²) < 4.78 is 17.7. The van der Waals surface area contributed by atoms with Gasteiger partial charge in [-0.3, -0.25) is 9.20 Å². The summed E-state index contributed by atoms with van der Waals surface area (Å²) in [4.78, 5) is 28.8. The number of fused-ring (bicyclic) bond motifs is 1. The Morgan fingerprint density at radius 1 is 1.22 bits per heavy atom. The van der Waals surface area contributed by atoms with Gasteiger partial charge in [-0.2, -0.15) is 0 Å². The van der Waals surface area contributed by atoms with Crippen molar-refractivity contribution in [2.75, 3.05) is 13.1 Å². The molecule has 1 amide bonds. The fraction of sp³-hybridized carbons (Fsp3) is 0.409. The lowest BCUT2D eigenvalue weighted by atomic mass is 9.98. The second kappa shape index (κ2) is 8.22.